The first-order valence-electron chi connectivity index (χ1n) is 6.40. The zero-order chi connectivity index (χ0) is 12.1. The smallest absolute Gasteiger partial charge is 0.179 e. The van der Waals surface area contributed by atoms with Crippen LogP contribution in [0.1, 0.15) is 49.8 Å². The van der Waals surface area contributed by atoms with Crippen molar-refractivity contribution in [2.75, 3.05) is 0 Å². The molecule has 0 atom stereocenters. The number of amidine groups is 1. The van der Waals surface area contributed by atoms with Crippen LogP contribution in [0.2, 0.25) is 0 Å². The maximum atomic E-state index is 5.55. The van der Waals surface area contributed by atoms with E-state index in [9.17, 15) is 0 Å². The van der Waals surface area contributed by atoms with Crippen molar-refractivity contribution in [3.8, 4) is 0 Å². The van der Waals surface area contributed by atoms with Gasteiger partial charge < -0.3 is 9.84 Å². The summed E-state index contributed by atoms with van der Waals surface area (Å²) in [6.07, 6.45) is 9.18. The van der Waals surface area contributed by atoms with Crippen LogP contribution in [0.5, 0.6) is 0 Å². The second-order valence-corrected chi connectivity index (χ2v) is 4.70. The van der Waals surface area contributed by atoms with Gasteiger partial charge in [-0.05, 0) is 31.4 Å². The molecule has 0 saturated heterocycles. The molecule has 1 aliphatic carbocycles. The number of hydrazine groups is 1. The molecule has 1 aromatic heterocycles. The van der Waals surface area contributed by atoms with Crippen LogP contribution in [0, 0.1) is 6.92 Å². The third-order valence-corrected chi connectivity index (χ3v) is 3.35. The lowest BCUT2D eigenvalue weighted by atomic mass is 10.1. The second-order valence-electron chi connectivity index (χ2n) is 4.70. The Kier molecular flexibility index (Phi) is 4.20. The highest BCUT2D eigenvalue weighted by atomic mass is 16.3. The number of hydrogen-bond donors (Lipinski definition) is 2. The Hall–Kier alpha value is -1.29. The average molecular weight is 235 g/mol. The fraction of sp³-hybridized carbons (Fsp3) is 0.615. The van der Waals surface area contributed by atoms with Crippen LogP contribution >= 0.6 is 0 Å². The van der Waals surface area contributed by atoms with Gasteiger partial charge in [0, 0.05) is 0 Å². The lowest BCUT2D eigenvalue weighted by Gasteiger charge is -2.11. The average Bonchev–Trinajstić information content (AvgIpc) is 2.62. The molecule has 1 heterocycles. The van der Waals surface area contributed by atoms with Crippen molar-refractivity contribution in [1.82, 2.24) is 5.43 Å². The van der Waals surface area contributed by atoms with Crippen LogP contribution in [-0.4, -0.2) is 11.9 Å². The Morgan fingerprint density at radius 2 is 2.06 bits per heavy atom. The first-order valence-corrected chi connectivity index (χ1v) is 6.40. The molecule has 1 aromatic rings. The Bertz CT molecular complexity index is 376. The van der Waals surface area contributed by atoms with Gasteiger partial charge in [0.2, 0.25) is 0 Å². The topological polar surface area (TPSA) is 63.5 Å². The summed E-state index contributed by atoms with van der Waals surface area (Å²) in [4.78, 5) is 4.70. The van der Waals surface area contributed by atoms with Crippen LogP contribution in [0.15, 0.2) is 21.7 Å². The van der Waals surface area contributed by atoms with Crippen molar-refractivity contribution >= 4 is 5.84 Å². The number of nitrogens with zero attached hydrogens (tertiary/aromatic N) is 1. The molecular weight excluding hydrogens is 214 g/mol. The van der Waals surface area contributed by atoms with E-state index in [1.54, 1.807) is 6.26 Å². The molecule has 94 valence electrons. The summed E-state index contributed by atoms with van der Waals surface area (Å²) in [6, 6.07) is 2.31. The Labute approximate surface area is 102 Å². The zero-order valence-electron chi connectivity index (χ0n) is 10.4. The van der Waals surface area contributed by atoms with E-state index in [0.29, 0.717) is 11.9 Å². The molecule has 0 radical (unpaired) electrons. The Morgan fingerprint density at radius 3 is 2.59 bits per heavy atom. The molecule has 4 heteroatoms. The predicted molar refractivity (Wildman–Crippen MR) is 68.8 cm³/mol. The van der Waals surface area contributed by atoms with Crippen molar-refractivity contribution in [2.24, 2.45) is 10.8 Å². The first kappa shape index (κ1) is 12.2. The van der Waals surface area contributed by atoms with Crippen LogP contribution in [-0.2, 0) is 0 Å². The molecule has 4 nitrogen and oxygen atoms in total. The summed E-state index contributed by atoms with van der Waals surface area (Å²) in [5, 5.41) is 0. The van der Waals surface area contributed by atoms with Gasteiger partial charge in [-0.2, -0.15) is 0 Å². The molecule has 17 heavy (non-hydrogen) atoms. The highest BCUT2D eigenvalue weighted by Crippen LogP contribution is 2.20. The number of nitrogens with one attached hydrogen (secondary N) is 1. The number of hydrogen-bond acceptors (Lipinski definition) is 3. The van der Waals surface area contributed by atoms with Gasteiger partial charge in [-0.25, -0.2) is 5.84 Å². The van der Waals surface area contributed by atoms with Gasteiger partial charge in [0.25, 0.3) is 0 Å². The summed E-state index contributed by atoms with van der Waals surface area (Å²) in [5.41, 5.74) is 3.73. The summed E-state index contributed by atoms with van der Waals surface area (Å²) >= 11 is 0. The van der Waals surface area contributed by atoms with Gasteiger partial charge in [0.05, 0.1) is 12.3 Å². The third kappa shape index (κ3) is 3.09. The van der Waals surface area contributed by atoms with Crippen molar-refractivity contribution < 1.29 is 4.42 Å². The number of nitrogens with two attached hydrogens (primary N) is 1. The molecule has 0 aliphatic heterocycles. The minimum atomic E-state index is 0.382. The lowest BCUT2D eigenvalue weighted by Crippen LogP contribution is -2.32. The highest BCUT2D eigenvalue weighted by molar-refractivity contribution is 5.97. The molecule has 1 aliphatic rings. The van der Waals surface area contributed by atoms with Crippen LogP contribution in [0.25, 0.3) is 0 Å². The number of furan rings is 1. The molecule has 1 saturated carbocycles. The number of aliphatic imine (C=N–C) groups is 1. The molecular formula is C13H21N3O. The van der Waals surface area contributed by atoms with Crippen LogP contribution in [0.3, 0.4) is 0 Å². The quantitative estimate of drug-likeness (QED) is 0.272. The largest absolute Gasteiger partial charge is 0.461 e. The molecule has 0 unspecified atom stereocenters. The van der Waals surface area contributed by atoms with Gasteiger partial charge >= 0.3 is 0 Å². The maximum absolute atomic E-state index is 5.55. The van der Waals surface area contributed by atoms with Gasteiger partial charge in [0.1, 0.15) is 0 Å². The first-order chi connectivity index (χ1) is 8.31. The second kappa shape index (κ2) is 5.87. The highest BCUT2D eigenvalue weighted by Gasteiger charge is 2.15. The number of rotatable bonds is 2. The molecule has 3 N–H and O–H groups in total. The van der Waals surface area contributed by atoms with E-state index in [-0.39, 0.29) is 0 Å². The standard InChI is InChI=1S/C13H21N3O/c1-10-8-9-17-12(10)13(16-14)15-11-6-4-2-3-5-7-11/h8-9,11H,2-7,14H2,1H3,(H,15,16). The van der Waals surface area contributed by atoms with Crippen molar-refractivity contribution in [2.45, 2.75) is 51.5 Å². The maximum Gasteiger partial charge on any atom is 0.179 e. The van der Waals surface area contributed by atoms with E-state index in [4.69, 9.17) is 15.3 Å². The van der Waals surface area contributed by atoms with Crippen molar-refractivity contribution in [1.29, 1.82) is 0 Å². The SMILES string of the molecule is Cc1ccoc1C(=NC1CCCCCC1)NN. The molecule has 2 rings (SSSR count). The van der Waals surface area contributed by atoms with E-state index in [2.05, 4.69) is 5.43 Å². The summed E-state index contributed by atoms with van der Waals surface area (Å²) < 4.78 is 5.42. The number of aryl methyl sites for hydroxylation is 1. The zero-order valence-corrected chi connectivity index (χ0v) is 10.4. The van der Waals surface area contributed by atoms with Crippen LogP contribution < -0.4 is 11.3 Å². The minimum absolute atomic E-state index is 0.382. The van der Waals surface area contributed by atoms with Crippen molar-refractivity contribution in [3.63, 3.8) is 0 Å². The molecule has 0 aromatic carbocycles. The lowest BCUT2D eigenvalue weighted by molar-refractivity contribution is 0.542. The van der Waals surface area contributed by atoms with Gasteiger partial charge in [0.15, 0.2) is 11.6 Å². The van der Waals surface area contributed by atoms with E-state index >= 15 is 0 Å². The Balaban J connectivity index is 2.14. The van der Waals surface area contributed by atoms with E-state index < -0.39 is 0 Å². The minimum Gasteiger partial charge on any atom is -0.461 e. The van der Waals surface area contributed by atoms with Crippen LogP contribution in [0.4, 0.5) is 0 Å². The van der Waals surface area contributed by atoms with Crippen molar-refractivity contribution in [3.05, 3.63) is 23.7 Å². The molecule has 0 amide bonds. The summed E-state index contributed by atoms with van der Waals surface area (Å²) in [7, 11) is 0. The third-order valence-electron chi connectivity index (χ3n) is 3.35. The van der Waals surface area contributed by atoms with E-state index in [1.807, 2.05) is 13.0 Å². The van der Waals surface area contributed by atoms with E-state index in [1.165, 1.54) is 25.7 Å². The van der Waals surface area contributed by atoms with Gasteiger partial charge in [-0.1, -0.05) is 25.7 Å². The fourth-order valence-corrected chi connectivity index (χ4v) is 2.35. The molecule has 0 spiro atoms. The monoisotopic (exact) mass is 235 g/mol. The molecule has 1 fully saturated rings. The fourth-order valence-electron chi connectivity index (χ4n) is 2.35. The van der Waals surface area contributed by atoms with Gasteiger partial charge in [-0.3, -0.25) is 4.99 Å². The van der Waals surface area contributed by atoms with Gasteiger partial charge in [-0.15, -0.1) is 0 Å². The normalized spacial score (nSPS) is 19.1. The Morgan fingerprint density at radius 1 is 1.35 bits per heavy atom. The predicted octanol–water partition coefficient (Wildman–Crippen LogP) is 2.52. The summed E-state index contributed by atoms with van der Waals surface area (Å²) in [6.45, 7) is 2.00. The molecule has 0 bridgehead atoms. The summed E-state index contributed by atoms with van der Waals surface area (Å²) in [5.74, 6) is 6.99. The van der Waals surface area contributed by atoms with E-state index in [0.717, 1.165) is 24.2 Å².